The average molecular weight is 541 g/mol. The number of nitrogens with zero attached hydrogens (tertiary/aromatic N) is 3. The van der Waals surface area contributed by atoms with Crippen molar-refractivity contribution in [1.82, 2.24) is 19.7 Å². The number of aromatic nitrogens is 4. The molecule has 3 heterocycles. The molecular weight excluding hydrogens is 500 g/mol. The standard InChI is InChI=1S/C11H14N2.C11H13NO.C11H13NS/c1-11(2,3)10-8-6-4-5-7-9(8)12-13-10;2*1-11(2,3)10-8-6-4-5-7-9(8)13-12-10/h4-7H,1-3H3,(H,12,13);2*4-7H,1-3H3. The zero-order valence-electron chi connectivity index (χ0n) is 24.6. The first-order valence-corrected chi connectivity index (χ1v) is 14.2. The van der Waals surface area contributed by atoms with Gasteiger partial charge in [-0.2, -0.15) is 9.47 Å². The number of rotatable bonds is 0. The molecule has 6 heteroatoms. The van der Waals surface area contributed by atoms with E-state index in [1.807, 2.05) is 42.5 Å². The molecule has 6 rings (SSSR count). The van der Waals surface area contributed by atoms with Crippen molar-refractivity contribution in [3.8, 4) is 0 Å². The van der Waals surface area contributed by atoms with Gasteiger partial charge < -0.3 is 4.52 Å². The Bertz CT molecular complexity index is 1470. The van der Waals surface area contributed by atoms with E-state index in [0.717, 1.165) is 22.2 Å². The normalized spacial score (nSPS) is 12.2. The first kappa shape index (κ1) is 28.5. The Morgan fingerprint density at radius 1 is 0.615 bits per heavy atom. The lowest BCUT2D eigenvalue weighted by atomic mass is 9.90. The van der Waals surface area contributed by atoms with Crippen molar-refractivity contribution in [1.29, 1.82) is 0 Å². The topological polar surface area (TPSA) is 67.6 Å². The number of nitrogens with one attached hydrogen (secondary N) is 1. The van der Waals surface area contributed by atoms with E-state index < -0.39 is 0 Å². The van der Waals surface area contributed by atoms with E-state index in [0.29, 0.717) is 0 Å². The molecule has 0 unspecified atom stereocenters. The molecule has 1 N–H and O–H groups in total. The molecular formula is C33H40N4OS. The molecule has 0 saturated heterocycles. The lowest BCUT2D eigenvalue weighted by Crippen LogP contribution is -2.11. The Morgan fingerprint density at radius 2 is 1.18 bits per heavy atom. The lowest BCUT2D eigenvalue weighted by molar-refractivity contribution is 0.419. The lowest BCUT2D eigenvalue weighted by Gasteiger charge is -2.16. The van der Waals surface area contributed by atoms with E-state index in [1.165, 1.54) is 26.9 Å². The second kappa shape index (κ2) is 10.9. The Balaban J connectivity index is 0.000000136. The molecule has 204 valence electrons. The van der Waals surface area contributed by atoms with Crippen LogP contribution >= 0.6 is 11.5 Å². The molecule has 0 amide bonds. The van der Waals surface area contributed by atoms with Crippen LogP contribution in [0.1, 0.15) is 79.4 Å². The fourth-order valence-corrected chi connectivity index (χ4v) is 5.35. The minimum Gasteiger partial charge on any atom is -0.356 e. The highest BCUT2D eigenvalue weighted by Gasteiger charge is 2.22. The highest BCUT2D eigenvalue weighted by Crippen LogP contribution is 2.31. The number of hydrogen-bond acceptors (Lipinski definition) is 5. The van der Waals surface area contributed by atoms with Crippen LogP contribution in [0.4, 0.5) is 0 Å². The van der Waals surface area contributed by atoms with Crippen LogP contribution in [0.2, 0.25) is 0 Å². The zero-order chi connectivity index (χ0) is 28.4. The summed E-state index contributed by atoms with van der Waals surface area (Å²) in [5, 5.41) is 15.1. The molecule has 0 atom stereocenters. The fourth-order valence-electron chi connectivity index (χ4n) is 4.38. The summed E-state index contributed by atoms with van der Waals surface area (Å²) in [5.74, 6) is 0. The number of fused-ring (bicyclic) bond motifs is 3. The minimum atomic E-state index is 0.0482. The van der Waals surface area contributed by atoms with Crippen LogP contribution < -0.4 is 0 Å². The number of aromatic amines is 1. The van der Waals surface area contributed by atoms with Gasteiger partial charge in [0.2, 0.25) is 0 Å². The molecule has 0 aliphatic heterocycles. The smallest absolute Gasteiger partial charge is 0.167 e. The van der Waals surface area contributed by atoms with E-state index in [2.05, 4.69) is 112 Å². The predicted octanol–water partition coefficient (Wildman–Crippen LogP) is 9.58. The molecule has 0 saturated carbocycles. The SMILES string of the molecule is CC(C)(C)c1[nH]nc2ccccc12.CC(C)(C)c1noc2ccccc12.CC(C)(C)c1nsc2ccccc12. The Hall–Kier alpha value is -3.51. The first-order chi connectivity index (χ1) is 18.3. The Kier molecular flexibility index (Phi) is 7.99. The molecule has 0 fully saturated rings. The highest BCUT2D eigenvalue weighted by molar-refractivity contribution is 7.13. The predicted molar refractivity (Wildman–Crippen MR) is 166 cm³/mol. The molecule has 0 radical (unpaired) electrons. The summed E-state index contributed by atoms with van der Waals surface area (Å²) in [6.45, 7) is 19.6. The van der Waals surface area contributed by atoms with Gasteiger partial charge in [-0.05, 0) is 35.8 Å². The van der Waals surface area contributed by atoms with Crippen LogP contribution in [0.3, 0.4) is 0 Å². The van der Waals surface area contributed by atoms with E-state index in [4.69, 9.17) is 4.52 Å². The molecule has 0 spiro atoms. The summed E-state index contributed by atoms with van der Waals surface area (Å²) in [5.41, 5.74) is 5.71. The summed E-state index contributed by atoms with van der Waals surface area (Å²) < 4.78 is 11.0. The maximum Gasteiger partial charge on any atom is 0.167 e. The second-order valence-corrected chi connectivity index (χ2v) is 13.7. The third-order valence-corrected chi connectivity index (χ3v) is 7.21. The summed E-state index contributed by atoms with van der Waals surface area (Å²) in [6.07, 6.45) is 0. The molecule has 3 aromatic carbocycles. The fraction of sp³-hybridized carbons (Fsp3) is 0.364. The maximum absolute atomic E-state index is 5.23. The van der Waals surface area contributed by atoms with E-state index in [1.54, 1.807) is 11.5 Å². The summed E-state index contributed by atoms with van der Waals surface area (Å²) in [4.78, 5) is 0. The summed E-state index contributed by atoms with van der Waals surface area (Å²) in [6, 6.07) is 24.6. The maximum atomic E-state index is 5.23. The molecule has 0 bridgehead atoms. The van der Waals surface area contributed by atoms with Crippen molar-refractivity contribution in [2.45, 2.75) is 78.6 Å². The van der Waals surface area contributed by atoms with Gasteiger partial charge in [-0.3, -0.25) is 5.10 Å². The Labute approximate surface area is 235 Å². The van der Waals surface area contributed by atoms with Gasteiger partial charge in [0.05, 0.1) is 21.6 Å². The third kappa shape index (κ3) is 6.56. The van der Waals surface area contributed by atoms with Gasteiger partial charge in [0.25, 0.3) is 0 Å². The van der Waals surface area contributed by atoms with Gasteiger partial charge in [-0.15, -0.1) is 0 Å². The van der Waals surface area contributed by atoms with Crippen LogP contribution in [-0.2, 0) is 16.2 Å². The van der Waals surface area contributed by atoms with Crippen LogP contribution in [0.25, 0.3) is 32.0 Å². The van der Waals surface area contributed by atoms with Crippen molar-refractivity contribution in [2.24, 2.45) is 0 Å². The molecule has 6 aromatic rings. The minimum absolute atomic E-state index is 0.0482. The second-order valence-electron chi connectivity index (χ2n) is 12.9. The van der Waals surface area contributed by atoms with Gasteiger partial charge in [0.15, 0.2) is 5.58 Å². The van der Waals surface area contributed by atoms with Gasteiger partial charge in [-0.25, -0.2) is 0 Å². The van der Waals surface area contributed by atoms with Crippen molar-refractivity contribution in [3.63, 3.8) is 0 Å². The molecule has 5 nitrogen and oxygen atoms in total. The van der Waals surface area contributed by atoms with Crippen molar-refractivity contribution < 1.29 is 4.52 Å². The number of para-hydroxylation sites is 2. The molecule has 0 aliphatic carbocycles. The number of H-pyrrole nitrogens is 1. The Morgan fingerprint density at radius 3 is 1.82 bits per heavy atom. The third-order valence-electron chi connectivity index (χ3n) is 6.39. The van der Waals surface area contributed by atoms with Gasteiger partial charge in [-0.1, -0.05) is 116 Å². The van der Waals surface area contributed by atoms with Crippen molar-refractivity contribution in [2.75, 3.05) is 0 Å². The molecule has 3 aromatic heterocycles. The van der Waals surface area contributed by atoms with Gasteiger partial charge >= 0.3 is 0 Å². The average Bonchev–Trinajstić information content (AvgIpc) is 3.60. The number of hydrogen-bond donors (Lipinski definition) is 1. The molecule has 39 heavy (non-hydrogen) atoms. The monoisotopic (exact) mass is 540 g/mol. The van der Waals surface area contributed by atoms with Crippen LogP contribution in [0.5, 0.6) is 0 Å². The first-order valence-electron chi connectivity index (χ1n) is 13.4. The van der Waals surface area contributed by atoms with Crippen LogP contribution in [0, 0.1) is 0 Å². The van der Waals surface area contributed by atoms with Crippen molar-refractivity contribution in [3.05, 3.63) is 89.9 Å². The van der Waals surface area contributed by atoms with Gasteiger partial charge in [0.1, 0.15) is 0 Å². The van der Waals surface area contributed by atoms with Crippen LogP contribution in [-0.4, -0.2) is 19.7 Å². The summed E-state index contributed by atoms with van der Waals surface area (Å²) in [7, 11) is 0. The largest absolute Gasteiger partial charge is 0.356 e. The van der Waals surface area contributed by atoms with Crippen molar-refractivity contribution >= 4 is 43.5 Å². The van der Waals surface area contributed by atoms with E-state index >= 15 is 0 Å². The number of benzene rings is 3. The molecule has 0 aliphatic rings. The highest BCUT2D eigenvalue weighted by atomic mass is 32.1. The zero-order valence-corrected chi connectivity index (χ0v) is 25.4. The van der Waals surface area contributed by atoms with E-state index in [-0.39, 0.29) is 16.2 Å². The summed E-state index contributed by atoms with van der Waals surface area (Å²) >= 11 is 1.59. The van der Waals surface area contributed by atoms with Gasteiger partial charge in [0, 0.05) is 38.1 Å². The quantitative estimate of drug-likeness (QED) is 0.208. The van der Waals surface area contributed by atoms with E-state index in [9.17, 15) is 0 Å². The van der Waals surface area contributed by atoms with Crippen LogP contribution in [0.15, 0.2) is 77.3 Å².